The normalized spacial score (nSPS) is 9.21. The van der Waals surface area contributed by atoms with E-state index in [4.69, 9.17) is 22.1 Å². The second-order valence-electron chi connectivity index (χ2n) is 3.33. The molecule has 106 valence electrons. The number of hydrogen-bond acceptors (Lipinski definition) is 5. The predicted molar refractivity (Wildman–Crippen MR) is 74.0 cm³/mol. The molecule has 0 unspecified atom stereocenters. The Hall–Kier alpha value is -1.66. The molecule has 1 amide bonds. The Balaban J connectivity index is 0.00000324. The lowest BCUT2D eigenvalue weighted by Gasteiger charge is -2.10. The van der Waals surface area contributed by atoms with Crippen LogP contribution < -0.4 is 15.8 Å². The topological polar surface area (TPSA) is 90.7 Å². The van der Waals surface area contributed by atoms with E-state index >= 15 is 0 Å². The number of halogens is 2. The summed E-state index contributed by atoms with van der Waals surface area (Å²) >= 11 is 5.82. The number of nitrogens with one attached hydrogen (secondary N) is 1. The summed E-state index contributed by atoms with van der Waals surface area (Å²) in [6, 6.07) is 2.82. The number of nitrogens with two attached hydrogens (primary N) is 1. The van der Waals surface area contributed by atoms with Crippen LogP contribution in [0.2, 0.25) is 5.02 Å². The first kappa shape index (κ1) is 17.3. The highest BCUT2D eigenvalue weighted by molar-refractivity contribution is 6.33. The lowest BCUT2D eigenvalue weighted by Crippen LogP contribution is -2.30. The van der Waals surface area contributed by atoms with Gasteiger partial charge < -0.3 is 20.5 Å². The zero-order chi connectivity index (χ0) is 13.7. The van der Waals surface area contributed by atoms with Crippen LogP contribution in [0.3, 0.4) is 0 Å². The Morgan fingerprint density at radius 1 is 1.37 bits per heavy atom. The van der Waals surface area contributed by atoms with Gasteiger partial charge in [0, 0.05) is 6.07 Å². The van der Waals surface area contributed by atoms with E-state index in [1.54, 1.807) is 0 Å². The number of carbonyl (C=O) groups excluding carboxylic acids is 2. The molecule has 0 bridgehead atoms. The fourth-order valence-electron chi connectivity index (χ4n) is 1.24. The molecule has 0 aliphatic carbocycles. The third-order valence-electron chi connectivity index (χ3n) is 2.18. The highest BCUT2D eigenvalue weighted by atomic mass is 35.5. The number of benzene rings is 1. The van der Waals surface area contributed by atoms with Crippen LogP contribution in [0.5, 0.6) is 5.75 Å². The Kier molecular flexibility index (Phi) is 7.03. The summed E-state index contributed by atoms with van der Waals surface area (Å²) in [6.07, 6.45) is 0. The molecule has 0 radical (unpaired) electrons. The van der Waals surface area contributed by atoms with E-state index < -0.39 is 11.9 Å². The minimum atomic E-state index is -0.552. The van der Waals surface area contributed by atoms with Gasteiger partial charge in [-0.05, 0) is 6.07 Å². The molecule has 0 atom stereocenters. The first-order chi connectivity index (χ1) is 8.49. The van der Waals surface area contributed by atoms with Crippen molar-refractivity contribution in [2.75, 3.05) is 26.5 Å². The number of anilines is 1. The van der Waals surface area contributed by atoms with Gasteiger partial charge in [0.15, 0.2) is 0 Å². The molecule has 0 fully saturated rings. The molecule has 0 aromatic heterocycles. The highest BCUT2D eigenvalue weighted by Crippen LogP contribution is 2.28. The van der Waals surface area contributed by atoms with Crippen molar-refractivity contribution in [2.45, 2.75) is 0 Å². The second-order valence-corrected chi connectivity index (χ2v) is 3.74. The molecule has 0 saturated heterocycles. The first-order valence-electron chi connectivity index (χ1n) is 4.97. The van der Waals surface area contributed by atoms with Crippen LogP contribution in [-0.4, -0.2) is 32.6 Å². The summed E-state index contributed by atoms with van der Waals surface area (Å²) in [5.74, 6) is -0.776. The molecule has 1 aromatic rings. The van der Waals surface area contributed by atoms with E-state index in [0.29, 0.717) is 5.69 Å². The van der Waals surface area contributed by atoms with Crippen LogP contribution in [0.4, 0.5) is 5.69 Å². The number of methoxy groups -OCH3 is 2. The zero-order valence-corrected chi connectivity index (χ0v) is 11.9. The van der Waals surface area contributed by atoms with E-state index in [9.17, 15) is 9.59 Å². The Labute approximate surface area is 121 Å². The Morgan fingerprint density at radius 2 is 2.00 bits per heavy atom. The minimum Gasteiger partial charge on any atom is -0.496 e. The molecular formula is C11H14Cl2N2O4. The van der Waals surface area contributed by atoms with Crippen LogP contribution in [0, 0.1) is 0 Å². The maximum Gasteiger partial charge on any atom is 0.325 e. The second kappa shape index (κ2) is 7.70. The SMILES string of the molecule is COC(=O)CNC(=O)c1cc(Cl)c(N)cc1OC.Cl. The summed E-state index contributed by atoms with van der Waals surface area (Å²) in [5.41, 5.74) is 6.09. The quantitative estimate of drug-likeness (QED) is 0.645. The summed E-state index contributed by atoms with van der Waals surface area (Å²) < 4.78 is 9.42. The Morgan fingerprint density at radius 3 is 2.53 bits per heavy atom. The highest BCUT2D eigenvalue weighted by Gasteiger charge is 2.15. The van der Waals surface area contributed by atoms with Crippen LogP contribution in [-0.2, 0) is 9.53 Å². The van der Waals surface area contributed by atoms with Crippen molar-refractivity contribution in [3.63, 3.8) is 0 Å². The molecule has 1 rings (SSSR count). The van der Waals surface area contributed by atoms with E-state index in [1.165, 1.54) is 26.4 Å². The molecule has 0 saturated carbocycles. The average molecular weight is 309 g/mol. The molecule has 19 heavy (non-hydrogen) atoms. The third-order valence-corrected chi connectivity index (χ3v) is 2.51. The van der Waals surface area contributed by atoms with Gasteiger partial charge in [0.2, 0.25) is 0 Å². The fourth-order valence-corrected chi connectivity index (χ4v) is 1.40. The van der Waals surface area contributed by atoms with Gasteiger partial charge in [0.1, 0.15) is 12.3 Å². The minimum absolute atomic E-state index is 0. The van der Waals surface area contributed by atoms with Gasteiger partial charge in [-0.15, -0.1) is 12.4 Å². The molecule has 8 heteroatoms. The zero-order valence-electron chi connectivity index (χ0n) is 10.4. The summed E-state index contributed by atoms with van der Waals surface area (Å²) in [7, 11) is 2.63. The van der Waals surface area contributed by atoms with Crippen molar-refractivity contribution in [1.29, 1.82) is 0 Å². The van der Waals surface area contributed by atoms with Gasteiger partial charge in [0.25, 0.3) is 5.91 Å². The van der Waals surface area contributed by atoms with Crippen molar-refractivity contribution in [2.24, 2.45) is 0 Å². The lowest BCUT2D eigenvalue weighted by molar-refractivity contribution is -0.139. The summed E-state index contributed by atoms with van der Waals surface area (Å²) in [5, 5.41) is 2.61. The molecule has 6 nitrogen and oxygen atoms in total. The van der Waals surface area contributed by atoms with Crippen LogP contribution in [0.25, 0.3) is 0 Å². The van der Waals surface area contributed by atoms with Gasteiger partial charge in [-0.1, -0.05) is 11.6 Å². The monoisotopic (exact) mass is 308 g/mol. The van der Waals surface area contributed by atoms with Gasteiger partial charge in [0.05, 0.1) is 30.5 Å². The lowest BCUT2D eigenvalue weighted by atomic mass is 10.1. The number of carbonyl (C=O) groups is 2. The molecule has 3 N–H and O–H groups in total. The van der Waals surface area contributed by atoms with Gasteiger partial charge >= 0.3 is 5.97 Å². The number of esters is 1. The molecule has 0 spiro atoms. The van der Waals surface area contributed by atoms with Crippen LogP contribution >= 0.6 is 24.0 Å². The van der Waals surface area contributed by atoms with Gasteiger partial charge in [-0.2, -0.15) is 0 Å². The van der Waals surface area contributed by atoms with Gasteiger partial charge in [-0.3, -0.25) is 9.59 Å². The maximum absolute atomic E-state index is 11.8. The smallest absolute Gasteiger partial charge is 0.325 e. The summed E-state index contributed by atoms with van der Waals surface area (Å²) in [6.45, 7) is -0.236. The number of rotatable bonds is 4. The number of hydrogen-bond donors (Lipinski definition) is 2. The molecule has 0 heterocycles. The van der Waals surface area contributed by atoms with E-state index in [1.807, 2.05) is 0 Å². The molecular weight excluding hydrogens is 295 g/mol. The predicted octanol–water partition coefficient (Wildman–Crippen LogP) is 1.26. The number of ether oxygens (including phenoxy) is 2. The summed E-state index contributed by atoms with van der Waals surface area (Å²) in [4.78, 5) is 22.7. The van der Waals surface area contributed by atoms with Crippen molar-refractivity contribution >= 4 is 41.6 Å². The number of nitrogen functional groups attached to an aromatic ring is 1. The van der Waals surface area contributed by atoms with Crippen molar-refractivity contribution in [3.8, 4) is 5.75 Å². The van der Waals surface area contributed by atoms with Crippen molar-refractivity contribution in [1.82, 2.24) is 5.32 Å². The van der Waals surface area contributed by atoms with Gasteiger partial charge in [-0.25, -0.2) is 0 Å². The average Bonchev–Trinajstić information content (AvgIpc) is 2.37. The van der Waals surface area contributed by atoms with E-state index in [2.05, 4.69) is 10.1 Å². The third kappa shape index (κ3) is 4.50. The van der Waals surface area contributed by atoms with Crippen LogP contribution in [0.15, 0.2) is 12.1 Å². The van der Waals surface area contributed by atoms with E-state index in [0.717, 1.165) is 0 Å². The van der Waals surface area contributed by atoms with Crippen molar-refractivity contribution < 1.29 is 19.1 Å². The molecule has 1 aromatic carbocycles. The van der Waals surface area contributed by atoms with Crippen molar-refractivity contribution in [3.05, 3.63) is 22.7 Å². The molecule has 0 aliphatic heterocycles. The first-order valence-corrected chi connectivity index (χ1v) is 5.35. The number of amides is 1. The fraction of sp³-hybridized carbons (Fsp3) is 0.273. The standard InChI is InChI=1S/C11H13ClN2O4.ClH/c1-17-9-4-8(13)7(12)3-6(9)11(16)14-5-10(15)18-2;/h3-4H,5,13H2,1-2H3,(H,14,16);1H. The van der Waals surface area contributed by atoms with Crippen LogP contribution in [0.1, 0.15) is 10.4 Å². The molecule has 0 aliphatic rings. The maximum atomic E-state index is 11.8. The Bertz CT molecular complexity index is 480. The largest absolute Gasteiger partial charge is 0.496 e. The van der Waals surface area contributed by atoms with E-state index in [-0.39, 0.29) is 35.3 Å².